The maximum absolute atomic E-state index is 12.4. The van der Waals surface area contributed by atoms with Gasteiger partial charge in [-0.2, -0.15) is 0 Å². The van der Waals surface area contributed by atoms with Crippen molar-refractivity contribution in [2.24, 2.45) is 0 Å². The van der Waals surface area contributed by atoms with Crippen LogP contribution in [-0.4, -0.2) is 18.7 Å². The lowest BCUT2D eigenvalue weighted by Crippen LogP contribution is -2.29. The third kappa shape index (κ3) is 5.30. The highest BCUT2D eigenvalue weighted by Gasteiger charge is 2.23. The number of ether oxygens (including phenoxy) is 2. The smallest absolute Gasteiger partial charge is 0.347 e. The van der Waals surface area contributed by atoms with Gasteiger partial charge in [0, 0.05) is 17.4 Å². The Kier molecular flexibility index (Phi) is 7.81. The van der Waals surface area contributed by atoms with Crippen molar-refractivity contribution in [3.05, 3.63) is 29.5 Å². The molecule has 4 heteroatoms. The van der Waals surface area contributed by atoms with Gasteiger partial charge in [0.25, 0.3) is 0 Å². The number of fused-ring (bicyclic) bond motifs is 3. The van der Waals surface area contributed by atoms with Crippen LogP contribution in [0.4, 0.5) is 0 Å². The molecule has 0 fully saturated rings. The Bertz CT molecular complexity index is 761. The number of carbonyl (C=O) groups excluding carboxylic acids is 1. The van der Waals surface area contributed by atoms with Gasteiger partial charge >= 0.3 is 5.97 Å². The van der Waals surface area contributed by atoms with E-state index >= 15 is 0 Å². The van der Waals surface area contributed by atoms with Gasteiger partial charge < -0.3 is 13.9 Å². The first kappa shape index (κ1) is 20.8. The molecule has 154 valence electrons. The van der Waals surface area contributed by atoms with Crippen molar-refractivity contribution in [2.75, 3.05) is 6.61 Å². The fourth-order valence-electron chi connectivity index (χ4n) is 4.05. The highest BCUT2D eigenvalue weighted by molar-refractivity contribution is 5.84. The van der Waals surface area contributed by atoms with Crippen molar-refractivity contribution in [1.82, 2.24) is 0 Å². The molecule has 1 atom stereocenters. The van der Waals surface area contributed by atoms with Crippen molar-refractivity contribution < 1.29 is 18.7 Å². The lowest BCUT2D eigenvalue weighted by atomic mass is 9.96. The molecular formula is C24H34O4. The Morgan fingerprint density at radius 1 is 1.07 bits per heavy atom. The minimum atomic E-state index is -0.536. The van der Waals surface area contributed by atoms with Gasteiger partial charge in [0.1, 0.15) is 17.1 Å². The Hall–Kier alpha value is -1.97. The van der Waals surface area contributed by atoms with E-state index < -0.39 is 6.10 Å². The zero-order valence-corrected chi connectivity index (χ0v) is 17.4. The summed E-state index contributed by atoms with van der Waals surface area (Å²) in [6.45, 7) is 4.44. The minimum Gasteiger partial charge on any atom is -0.479 e. The summed E-state index contributed by atoms with van der Waals surface area (Å²) in [7, 11) is 0. The van der Waals surface area contributed by atoms with Gasteiger partial charge in [0.2, 0.25) is 0 Å². The predicted octanol–water partition coefficient (Wildman–Crippen LogP) is 6.37. The summed E-state index contributed by atoms with van der Waals surface area (Å²) in [5.41, 5.74) is 2.23. The summed E-state index contributed by atoms with van der Waals surface area (Å²) in [6, 6.07) is 5.91. The number of hydrogen-bond donors (Lipinski definition) is 0. The number of carbonyl (C=O) groups is 1. The standard InChI is InChI=1S/C24H34O4/c1-3-5-6-7-8-9-14-23(24(25)26-4-2)27-18-15-16-22-20(17-18)19-12-10-11-13-21(19)28-22/h15-17,23H,3-14H2,1-2H3. The summed E-state index contributed by atoms with van der Waals surface area (Å²) in [4.78, 5) is 12.4. The molecule has 1 aromatic heterocycles. The first-order valence-corrected chi connectivity index (χ1v) is 11.1. The Balaban J connectivity index is 1.66. The zero-order valence-electron chi connectivity index (χ0n) is 17.4. The van der Waals surface area contributed by atoms with Gasteiger partial charge in [-0.3, -0.25) is 0 Å². The van der Waals surface area contributed by atoms with Gasteiger partial charge in [-0.05, 0) is 57.2 Å². The molecule has 0 saturated carbocycles. The van der Waals surface area contributed by atoms with E-state index in [2.05, 4.69) is 6.92 Å². The topological polar surface area (TPSA) is 48.7 Å². The van der Waals surface area contributed by atoms with Crippen molar-refractivity contribution in [1.29, 1.82) is 0 Å². The molecule has 0 bridgehead atoms. The average molecular weight is 387 g/mol. The molecule has 0 radical (unpaired) electrons. The van der Waals surface area contributed by atoms with Gasteiger partial charge in [-0.1, -0.05) is 39.0 Å². The molecule has 28 heavy (non-hydrogen) atoms. The van der Waals surface area contributed by atoms with E-state index in [4.69, 9.17) is 13.9 Å². The molecule has 4 nitrogen and oxygen atoms in total. The van der Waals surface area contributed by atoms with E-state index in [9.17, 15) is 4.79 Å². The van der Waals surface area contributed by atoms with Crippen molar-refractivity contribution in [2.45, 2.75) is 90.6 Å². The van der Waals surface area contributed by atoms with Crippen LogP contribution in [0.15, 0.2) is 22.6 Å². The molecule has 0 aliphatic heterocycles. The van der Waals surface area contributed by atoms with E-state index in [1.807, 2.05) is 25.1 Å². The molecule has 1 heterocycles. The number of unbranched alkanes of at least 4 members (excludes halogenated alkanes) is 5. The van der Waals surface area contributed by atoms with Crippen LogP contribution >= 0.6 is 0 Å². The first-order chi connectivity index (χ1) is 13.7. The highest BCUT2D eigenvalue weighted by Crippen LogP contribution is 2.34. The lowest BCUT2D eigenvalue weighted by molar-refractivity contribution is -0.151. The summed E-state index contributed by atoms with van der Waals surface area (Å²) in [5.74, 6) is 1.59. The molecule has 2 aromatic rings. The van der Waals surface area contributed by atoms with Crippen LogP contribution in [0.5, 0.6) is 5.75 Å². The second-order valence-corrected chi connectivity index (χ2v) is 7.78. The van der Waals surface area contributed by atoms with Crippen molar-refractivity contribution in [3.8, 4) is 5.75 Å². The molecule has 0 N–H and O–H groups in total. The maximum atomic E-state index is 12.4. The monoisotopic (exact) mass is 386 g/mol. The van der Waals surface area contributed by atoms with E-state index in [0.29, 0.717) is 13.0 Å². The molecule has 0 spiro atoms. The van der Waals surface area contributed by atoms with Gasteiger partial charge in [-0.15, -0.1) is 0 Å². The van der Waals surface area contributed by atoms with Crippen LogP contribution in [0.3, 0.4) is 0 Å². The number of furan rings is 1. The SMILES string of the molecule is CCCCCCCCC(Oc1ccc2oc3c(c2c1)CCCC3)C(=O)OCC. The molecule has 1 aliphatic rings. The Labute approximate surface area is 168 Å². The Morgan fingerprint density at radius 3 is 2.68 bits per heavy atom. The maximum Gasteiger partial charge on any atom is 0.347 e. The Morgan fingerprint density at radius 2 is 1.86 bits per heavy atom. The molecule has 1 aromatic carbocycles. The highest BCUT2D eigenvalue weighted by atomic mass is 16.6. The van der Waals surface area contributed by atoms with Crippen molar-refractivity contribution in [3.63, 3.8) is 0 Å². The normalized spacial score (nSPS) is 14.6. The number of aryl methyl sites for hydroxylation is 2. The largest absolute Gasteiger partial charge is 0.479 e. The van der Waals surface area contributed by atoms with Crippen LogP contribution in [0.1, 0.15) is 83.0 Å². The molecule has 1 unspecified atom stereocenters. The molecule has 0 amide bonds. The lowest BCUT2D eigenvalue weighted by Gasteiger charge is -2.18. The van der Waals surface area contributed by atoms with Crippen LogP contribution in [-0.2, 0) is 22.4 Å². The van der Waals surface area contributed by atoms with E-state index in [0.717, 1.165) is 48.2 Å². The van der Waals surface area contributed by atoms with Crippen LogP contribution in [0, 0.1) is 0 Å². The third-order valence-electron chi connectivity index (χ3n) is 5.57. The third-order valence-corrected chi connectivity index (χ3v) is 5.57. The molecule has 0 saturated heterocycles. The number of hydrogen-bond acceptors (Lipinski definition) is 4. The predicted molar refractivity (Wildman–Crippen MR) is 112 cm³/mol. The van der Waals surface area contributed by atoms with E-state index in [1.165, 1.54) is 44.1 Å². The fourth-order valence-corrected chi connectivity index (χ4v) is 4.05. The molecule has 1 aliphatic carbocycles. The molecular weight excluding hydrogens is 352 g/mol. The zero-order chi connectivity index (χ0) is 19.8. The minimum absolute atomic E-state index is 0.259. The van der Waals surface area contributed by atoms with Crippen LogP contribution in [0.25, 0.3) is 11.0 Å². The summed E-state index contributed by atoms with van der Waals surface area (Å²) in [5, 5.41) is 1.13. The van der Waals surface area contributed by atoms with Crippen molar-refractivity contribution >= 4 is 16.9 Å². The quantitative estimate of drug-likeness (QED) is 0.332. The van der Waals surface area contributed by atoms with Gasteiger partial charge in [0.15, 0.2) is 6.10 Å². The summed E-state index contributed by atoms with van der Waals surface area (Å²) in [6.07, 6.45) is 11.8. The van der Waals surface area contributed by atoms with Gasteiger partial charge in [0.05, 0.1) is 6.61 Å². The summed E-state index contributed by atoms with van der Waals surface area (Å²) < 4.78 is 17.4. The van der Waals surface area contributed by atoms with E-state index in [1.54, 1.807) is 0 Å². The van der Waals surface area contributed by atoms with Crippen LogP contribution in [0.2, 0.25) is 0 Å². The number of benzene rings is 1. The second-order valence-electron chi connectivity index (χ2n) is 7.78. The van der Waals surface area contributed by atoms with Gasteiger partial charge in [-0.25, -0.2) is 4.79 Å². The number of rotatable bonds is 11. The van der Waals surface area contributed by atoms with E-state index in [-0.39, 0.29) is 5.97 Å². The first-order valence-electron chi connectivity index (χ1n) is 11.1. The van der Waals surface area contributed by atoms with Crippen LogP contribution < -0.4 is 4.74 Å². The molecule has 3 rings (SSSR count). The summed E-state index contributed by atoms with van der Waals surface area (Å²) >= 11 is 0. The second kappa shape index (κ2) is 10.5. The number of esters is 1. The average Bonchev–Trinajstić information content (AvgIpc) is 3.08. The fraction of sp³-hybridized carbons (Fsp3) is 0.625.